The number of para-hydroxylation sites is 3. The molecule has 68 heavy (non-hydrogen) atoms. The van der Waals surface area contributed by atoms with E-state index in [2.05, 4.69) is 246 Å². The van der Waals surface area contributed by atoms with E-state index in [1.807, 2.05) is 12.1 Å². The molecular weight excluding hydrogens is 831 g/mol. The molecule has 0 saturated carbocycles. The van der Waals surface area contributed by atoms with Gasteiger partial charge in [0.15, 0.2) is 5.58 Å². The zero-order chi connectivity index (χ0) is 45.0. The summed E-state index contributed by atoms with van der Waals surface area (Å²) in [6.45, 7) is 0. The van der Waals surface area contributed by atoms with Gasteiger partial charge in [0, 0.05) is 61.2 Å². The smallest absolute Gasteiger partial charge is 0.227 e. The molecule has 2 heterocycles. The van der Waals surface area contributed by atoms with E-state index in [0.29, 0.717) is 5.89 Å². The van der Waals surface area contributed by atoms with Gasteiger partial charge in [0.05, 0.1) is 0 Å². The first-order chi connectivity index (χ1) is 33.7. The van der Waals surface area contributed by atoms with Crippen molar-refractivity contribution < 1.29 is 8.83 Å². The van der Waals surface area contributed by atoms with Crippen LogP contribution in [0.5, 0.6) is 0 Å². The van der Waals surface area contributed by atoms with Crippen molar-refractivity contribution in [3.8, 4) is 33.7 Å². The minimum atomic E-state index is 0.558. The van der Waals surface area contributed by atoms with E-state index in [1.165, 1.54) is 16.7 Å². The molecular formula is C63H41N3O2. The Kier molecular flexibility index (Phi) is 9.43. The van der Waals surface area contributed by atoms with Gasteiger partial charge in [-0.25, -0.2) is 4.98 Å². The van der Waals surface area contributed by atoms with Crippen LogP contribution < -0.4 is 9.80 Å². The van der Waals surface area contributed by atoms with E-state index in [1.54, 1.807) is 0 Å². The number of benzene rings is 11. The molecule has 0 bridgehead atoms. The van der Waals surface area contributed by atoms with Crippen LogP contribution in [-0.4, -0.2) is 4.98 Å². The summed E-state index contributed by atoms with van der Waals surface area (Å²) in [4.78, 5) is 9.90. The lowest BCUT2D eigenvalue weighted by Gasteiger charge is -2.26. The van der Waals surface area contributed by atoms with Crippen LogP contribution in [0.15, 0.2) is 258 Å². The van der Waals surface area contributed by atoms with E-state index < -0.39 is 0 Å². The van der Waals surface area contributed by atoms with Crippen molar-refractivity contribution in [1.82, 2.24) is 4.98 Å². The van der Waals surface area contributed by atoms with Gasteiger partial charge in [0.2, 0.25) is 5.89 Å². The highest BCUT2D eigenvalue weighted by Crippen LogP contribution is 2.44. The van der Waals surface area contributed by atoms with Gasteiger partial charge >= 0.3 is 0 Å². The Labute approximate surface area is 393 Å². The molecule has 11 aromatic carbocycles. The zero-order valence-corrected chi connectivity index (χ0v) is 36.8. The summed E-state index contributed by atoms with van der Waals surface area (Å²) < 4.78 is 13.2. The highest BCUT2D eigenvalue weighted by atomic mass is 16.3. The van der Waals surface area contributed by atoms with Crippen LogP contribution >= 0.6 is 0 Å². The summed E-state index contributed by atoms with van der Waals surface area (Å²) in [6, 6.07) is 87.4. The average Bonchev–Trinajstić information content (AvgIpc) is 4.03. The van der Waals surface area contributed by atoms with Crippen LogP contribution in [0.3, 0.4) is 0 Å². The fourth-order valence-electron chi connectivity index (χ4n) is 9.90. The molecule has 0 aliphatic heterocycles. The second-order valence-electron chi connectivity index (χ2n) is 17.1. The highest BCUT2D eigenvalue weighted by molar-refractivity contribution is 6.23. The molecule has 0 amide bonds. The Bertz CT molecular complexity index is 3930. The van der Waals surface area contributed by atoms with Gasteiger partial charge in [-0.2, -0.15) is 0 Å². The van der Waals surface area contributed by atoms with E-state index >= 15 is 0 Å². The van der Waals surface area contributed by atoms with Crippen molar-refractivity contribution in [2.24, 2.45) is 0 Å². The Morgan fingerprint density at radius 3 is 1.49 bits per heavy atom. The molecule has 0 atom stereocenters. The molecule has 5 heteroatoms. The van der Waals surface area contributed by atoms with Crippen LogP contribution in [0.2, 0.25) is 0 Å². The predicted molar refractivity (Wildman–Crippen MR) is 282 cm³/mol. The molecule has 13 rings (SSSR count). The monoisotopic (exact) mass is 871 g/mol. The van der Waals surface area contributed by atoms with Gasteiger partial charge in [-0.05, 0) is 130 Å². The molecule has 5 nitrogen and oxygen atoms in total. The largest absolute Gasteiger partial charge is 0.456 e. The van der Waals surface area contributed by atoms with Crippen LogP contribution in [0.25, 0.3) is 88.3 Å². The third-order valence-electron chi connectivity index (χ3n) is 13.1. The minimum Gasteiger partial charge on any atom is -0.456 e. The average molecular weight is 872 g/mol. The summed E-state index contributed by atoms with van der Waals surface area (Å²) in [6.07, 6.45) is 0. The van der Waals surface area contributed by atoms with Crippen molar-refractivity contribution in [3.05, 3.63) is 249 Å². The molecule has 13 aromatic rings. The Morgan fingerprint density at radius 1 is 0.279 bits per heavy atom. The maximum atomic E-state index is 6.94. The lowest BCUT2D eigenvalue weighted by atomic mass is 9.94. The Morgan fingerprint density at radius 2 is 0.765 bits per heavy atom. The fourth-order valence-corrected chi connectivity index (χ4v) is 9.90. The predicted octanol–water partition coefficient (Wildman–Crippen LogP) is 18.0. The van der Waals surface area contributed by atoms with Gasteiger partial charge in [0.25, 0.3) is 0 Å². The van der Waals surface area contributed by atoms with Crippen molar-refractivity contribution >= 4 is 88.7 Å². The van der Waals surface area contributed by atoms with E-state index in [-0.39, 0.29) is 0 Å². The SMILES string of the molecule is c1ccc(-c2ccccc2-c2ccc(N(c3cccc(-c4nc5c6ccccc6c6cc(N(c7ccccc7)c7ccccc7)ccc6c5o4)c3)c3ccc4oc5ccccc5c4c3)cc2)cc1. The quantitative estimate of drug-likeness (QED) is 0.135. The molecule has 0 fully saturated rings. The van der Waals surface area contributed by atoms with E-state index in [0.717, 1.165) is 99.8 Å². The zero-order valence-electron chi connectivity index (χ0n) is 36.8. The van der Waals surface area contributed by atoms with E-state index in [9.17, 15) is 0 Å². The molecule has 0 spiro atoms. The van der Waals surface area contributed by atoms with Crippen LogP contribution in [-0.2, 0) is 0 Å². The lowest BCUT2D eigenvalue weighted by molar-refractivity contribution is 0.623. The number of anilines is 6. The molecule has 0 saturated heterocycles. The Hall–Kier alpha value is -9.19. The summed E-state index contributed by atoms with van der Waals surface area (Å²) in [5.41, 5.74) is 15.1. The van der Waals surface area contributed by atoms with Crippen molar-refractivity contribution in [2.45, 2.75) is 0 Å². The standard InChI is InChI=1S/C63H41N3O2/c1-4-17-42(18-5-1)51-25-10-11-26-52(51)43-31-33-47(34-32-43)66(50-36-38-60-58(41-50)54-28-14-15-30-59(54)67-60)48-24-16-19-44(39-48)63-64-61-55-29-13-12-27-53(55)57-40-49(35-37-56(57)62(61)68-63)65(45-20-6-2-7-21-45)46-22-8-3-9-23-46/h1-41H. The third-order valence-corrected chi connectivity index (χ3v) is 13.1. The number of aromatic nitrogens is 1. The normalized spacial score (nSPS) is 11.5. The maximum absolute atomic E-state index is 6.94. The second kappa shape index (κ2) is 16.4. The van der Waals surface area contributed by atoms with Gasteiger partial charge < -0.3 is 18.6 Å². The molecule has 0 unspecified atom stereocenters. The summed E-state index contributed by atoms with van der Waals surface area (Å²) >= 11 is 0. The number of hydrogen-bond donors (Lipinski definition) is 0. The lowest BCUT2D eigenvalue weighted by Crippen LogP contribution is -2.10. The summed E-state index contributed by atoms with van der Waals surface area (Å²) in [5, 5.41) is 6.41. The summed E-state index contributed by atoms with van der Waals surface area (Å²) in [5.74, 6) is 0.558. The first-order valence-electron chi connectivity index (χ1n) is 22.9. The number of fused-ring (bicyclic) bond motifs is 9. The number of nitrogens with zero attached hydrogens (tertiary/aromatic N) is 3. The van der Waals surface area contributed by atoms with Crippen molar-refractivity contribution in [1.29, 1.82) is 0 Å². The Balaban J connectivity index is 0.944. The maximum Gasteiger partial charge on any atom is 0.227 e. The number of furan rings is 1. The van der Waals surface area contributed by atoms with Gasteiger partial charge in [-0.15, -0.1) is 0 Å². The molecule has 0 radical (unpaired) electrons. The van der Waals surface area contributed by atoms with Crippen molar-refractivity contribution in [3.63, 3.8) is 0 Å². The minimum absolute atomic E-state index is 0.558. The highest BCUT2D eigenvalue weighted by Gasteiger charge is 2.21. The molecule has 0 aliphatic carbocycles. The van der Waals surface area contributed by atoms with Gasteiger partial charge in [0.1, 0.15) is 16.7 Å². The van der Waals surface area contributed by atoms with E-state index in [4.69, 9.17) is 13.8 Å². The molecule has 0 aliphatic rings. The second-order valence-corrected chi connectivity index (χ2v) is 17.1. The first kappa shape index (κ1) is 39.2. The number of oxazole rings is 1. The number of rotatable bonds is 9. The fraction of sp³-hybridized carbons (Fsp3) is 0. The topological polar surface area (TPSA) is 45.7 Å². The number of hydrogen-bond acceptors (Lipinski definition) is 5. The summed E-state index contributed by atoms with van der Waals surface area (Å²) in [7, 11) is 0. The first-order valence-corrected chi connectivity index (χ1v) is 22.9. The van der Waals surface area contributed by atoms with Crippen LogP contribution in [0.4, 0.5) is 34.1 Å². The van der Waals surface area contributed by atoms with Crippen molar-refractivity contribution in [2.75, 3.05) is 9.80 Å². The van der Waals surface area contributed by atoms with Crippen LogP contribution in [0.1, 0.15) is 0 Å². The molecule has 2 aromatic heterocycles. The van der Waals surface area contributed by atoms with Gasteiger partial charge in [-0.3, -0.25) is 0 Å². The molecule has 320 valence electrons. The van der Waals surface area contributed by atoms with Gasteiger partial charge in [-0.1, -0.05) is 152 Å². The third kappa shape index (κ3) is 6.76. The van der Waals surface area contributed by atoms with Crippen LogP contribution in [0, 0.1) is 0 Å². The molecule has 0 N–H and O–H groups in total.